The number of primary amides is 2. The molecular formula is C20H18N4O9. The fraction of sp³-hybridized carbons (Fsp3) is 0.100. The van der Waals surface area contributed by atoms with Gasteiger partial charge in [-0.15, -0.1) is 0 Å². The van der Waals surface area contributed by atoms with E-state index in [4.69, 9.17) is 25.7 Å². The highest BCUT2D eigenvalue weighted by Crippen LogP contribution is 2.22. The van der Waals surface area contributed by atoms with Crippen LogP contribution in [0.15, 0.2) is 48.5 Å². The molecule has 0 spiro atoms. The second-order valence-electron chi connectivity index (χ2n) is 6.13. The van der Waals surface area contributed by atoms with Crippen molar-refractivity contribution in [2.24, 2.45) is 11.5 Å². The van der Waals surface area contributed by atoms with E-state index in [1.165, 1.54) is 48.5 Å². The van der Waals surface area contributed by atoms with E-state index in [2.05, 4.69) is 0 Å². The van der Waals surface area contributed by atoms with Crippen molar-refractivity contribution in [3.05, 3.63) is 59.7 Å². The van der Waals surface area contributed by atoms with E-state index in [9.17, 15) is 28.8 Å². The third-order valence-electron chi connectivity index (χ3n) is 3.61. The first-order valence-corrected chi connectivity index (χ1v) is 9.05. The van der Waals surface area contributed by atoms with Crippen LogP contribution in [0.4, 0.5) is 9.59 Å². The first-order chi connectivity index (χ1) is 15.6. The number of carbonyl (C=O) groups excluding carboxylic acids is 6. The molecule has 0 aromatic heterocycles. The van der Waals surface area contributed by atoms with Crippen LogP contribution >= 0.6 is 0 Å². The molecule has 6 N–H and O–H groups in total. The van der Waals surface area contributed by atoms with E-state index in [0.717, 1.165) is 0 Å². The number of hydrogen-bond donors (Lipinski definition) is 4. The lowest BCUT2D eigenvalue weighted by atomic mass is 10.2. The number of carbonyl (C=O) groups is 6. The van der Waals surface area contributed by atoms with E-state index in [-0.39, 0.29) is 11.1 Å². The zero-order valence-corrected chi connectivity index (χ0v) is 16.9. The highest BCUT2D eigenvalue weighted by atomic mass is 16.5. The second-order valence-corrected chi connectivity index (χ2v) is 6.13. The molecule has 0 aliphatic heterocycles. The molecule has 0 saturated heterocycles. The molecule has 2 aromatic rings. The summed E-state index contributed by atoms with van der Waals surface area (Å²) in [6, 6.07) is 9.35. The second kappa shape index (κ2) is 11.5. The third-order valence-corrected chi connectivity index (χ3v) is 3.61. The molecule has 0 atom stereocenters. The molecule has 0 bridgehead atoms. The van der Waals surface area contributed by atoms with Crippen molar-refractivity contribution in [3.63, 3.8) is 0 Å². The van der Waals surface area contributed by atoms with Gasteiger partial charge in [0.15, 0.2) is 13.2 Å². The van der Waals surface area contributed by atoms with Crippen LogP contribution in [0.25, 0.3) is 0 Å². The van der Waals surface area contributed by atoms with Gasteiger partial charge in [-0.3, -0.25) is 20.2 Å². The van der Waals surface area contributed by atoms with Crippen LogP contribution < -0.4 is 26.8 Å². The first kappa shape index (κ1) is 24.3. The van der Waals surface area contributed by atoms with Gasteiger partial charge in [0.1, 0.15) is 11.5 Å². The number of hydrogen-bond acceptors (Lipinski definition) is 9. The summed E-state index contributed by atoms with van der Waals surface area (Å²) in [5.41, 5.74) is 9.82. The van der Waals surface area contributed by atoms with Crippen LogP contribution in [0.2, 0.25) is 0 Å². The number of amides is 6. The summed E-state index contributed by atoms with van der Waals surface area (Å²) in [6.45, 7) is -1.35. The Morgan fingerprint density at radius 2 is 0.939 bits per heavy atom. The number of urea groups is 2. The molecule has 0 aliphatic rings. The van der Waals surface area contributed by atoms with Gasteiger partial charge in [0.2, 0.25) is 0 Å². The molecular weight excluding hydrogens is 440 g/mol. The number of nitrogens with one attached hydrogen (secondary N) is 2. The Hall–Kier alpha value is -4.94. The van der Waals surface area contributed by atoms with E-state index in [1.807, 2.05) is 0 Å². The summed E-state index contributed by atoms with van der Waals surface area (Å²) < 4.78 is 15.1. The Labute approximate surface area is 185 Å². The maximum atomic E-state index is 11.9. The van der Waals surface area contributed by atoms with Crippen LogP contribution in [-0.2, 0) is 19.1 Å². The number of nitrogens with two attached hydrogens (primary N) is 2. The average Bonchev–Trinajstić information content (AvgIpc) is 2.76. The van der Waals surface area contributed by atoms with Crippen LogP contribution in [0.1, 0.15) is 20.7 Å². The lowest BCUT2D eigenvalue weighted by Gasteiger charge is -2.08. The minimum absolute atomic E-state index is 0.132. The van der Waals surface area contributed by atoms with Crippen molar-refractivity contribution in [1.29, 1.82) is 0 Å². The Kier molecular flexibility index (Phi) is 8.44. The molecule has 0 aliphatic carbocycles. The van der Waals surface area contributed by atoms with Crippen molar-refractivity contribution >= 4 is 35.8 Å². The maximum Gasteiger partial charge on any atom is 0.338 e. The monoisotopic (exact) mass is 458 g/mol. The lowest BCUT2D eigenvalue weighted by Crippen LogP contribution is -2.37. The van der Waals surface area contributed by atoms with Crippen LogP contribution in [0.3, 0.4) is 0 Å². The summed E-state index contributed by atoms with van der Waals surface area (Å²) in [5.74, 6) is -2.61. The van der Waals surface area contributed by atoms with Gasteiger partial charge < -0.3 is 25.7 Å². The Balaban J connectivity index is 1.87. The van der Waals surface area contributed by atoms with Crippen molar-refractivity contribution in [2.75, 3.05) is 13.2 Å². The molecule has 0 unspecified atom stereocenters. The molecule has 13 nitrogen and oxygen atoms in total. The SMILES string of the molecule is NC(=O)NC(=O)COC(=O)c1ccc(Oc2ccc(C(=O)OCC(=O)NC(N)=O)cc2)cc1. The Morgan fingerprint density at radius 3 is 1.24 bits per heavy atom. The fourth-order valence-electron chi connectivity index (χ4n) is 2.23. The number of esters is 2. The van der Waals surface area contributed by atoms with Gasteiger partial charge in [0.05, 0.1) is 11.1 Å². The number of benzene rings is 2. The third kappa shape index (κ3) is 8.37. The minimum Gasteiger partial charge on any atom is -0.457 e. The molecule has 13 heteroatoms. The number of rotatable bonds is 8. The highest BCUT2D eigenvalue weighted by molar-refractivity contribution is 5.97. The summed E-state index contributed by atoms with van der Waals surface area (Å²) >= 11 is 0. The molecule has 0 saturated carbocycles. The smallest absolute Gasteiger partial charge is 0.338 e. The summed E-state index contributed by atoms with van der Waals surface area (Å²) in [7, 11) is 0. The molecule has 2 aromatic carbocycles. The topological polar surface area (TPSA) is 206 Å². The van der Waals surface area contributed by atoms with Crippen molar-refractivity contribution in [1.82, 2.24) is 10.6 Å². The minimum atomic E-state index is -1.06. The lowest BCUT2D eigenvalue weighted by molar-refractivity contribution is -0.123. The average molecular weight is 458 g/mol. The molecule has 6 amide bonds. The fourth-order valence-corrected chi connectivity index (χ4v) is 2.23. The van der Waals surface area contributed by atoms with E-state index in [0.29, 0.717) is 11.5 Å². The molecule has 0 heterocycles. The van der Waals surface area contributed by atoms with E-state index >= 15 is 0 Å². The number of ether oxygens (including phenoxy) is 3. The standard InChI is InChI=1S/C20H18N4O9/c21-19(29)23-15(25)9-31-17(27)11-1-5-13(6-2-11)33-14-7-3-12(4-8-14)18(28)32-10-16(26)24-20(22)30/h1-8H,9-10H2,(H3,21,23,25,29)(H3,22,24,26,30). The summed E-state index contributed by atoms with van der Waals surface area (Å²) in [6.07, 6.45) is 0. The largest absolute Gasteiger partial charge is 0.457 e. The maximum absolute atomic E-state index is 11.9. The van der Waals surface area contributed by atoms with Gasteiger partial charge in [-0.2, -0.15) is 0 Å². The van der Waals surface area contributed by atoms with Crippen molar-refractivity contribution in [3.8, 4) is 11.5 Å². The normalized spacial score (nSPS) is 9.82. The van der Waals surface area contributed by atoms with E-state index < -0.39 is 49.0 Å². The van der Waals surface area contributed by atoms with Gasteiger partial charge in [-0.05, 0) is 48.5 Å². The Morgan fingerprint density at radius 1 is 0.606 bits per heavy atom. The molecule has 0 fully saturated rings. The summed E-state index contributed by atoms with van der Waals surface area (Å²) in [5, 5.41) is 3.51. The molecule has 2 rings (SSSR count). The van der Waals surface area contributed by atoms with Crippen LogP contribution in [0.5, 0.6) is 11.5 Å². The van der Waals surface area contributed by atoms with Gasteiger partial charge in [0, 0.05) is 0 Å². The zero-order chi connectivity index (χ0) is 24.4. The van der Waals surface area contributed by atoms with Gasteiger partial charge in [0.25, 0.3) is 11.8 Å². The number of imide groups is 2. The predicted octanol–water partition coefficient (Wildman–Crippen LogP) is 0.182. The van der Waals surface area contributed by atoms with Crippen molar-refractivity contribution in [2.45, 2.75) is 0 Å². The Bertz CT molecular complexity index is 980. The molecule has 33 heavy (non-hydrogen) atoms. The highest BCUT2D eigenvalue weighted by Gasteiger charge is 2.13. The quantitative estimate of drug-likeness (QED) is 0.397. The summed E-state index contributed by atoms with van der Waals surface area (Å²) in [4.78, 5) is 67.4. The van der Waals surface area contributed by atoms with Gasteiger partial charge >= 0.3 is 24.0 Å². The molecule has 0 radical (unpaired) electrons. The van der Waals surface area contributed by atoms with Crippen LogP contribution in [0, 0.1) is 0 Å². The van der Waals surface area contributed by atoms with Gasteiger partial charge in [-0.1, -0.05) is 0 Å². The van der Waals surface area contributed by atoms with Crippen LogP contribution in [-0.4, -0.2) is 49.0 Å². The predicted molar refractivity (Wildman–Crippen MR) is 109 cm³/mol. The van der Waals surface area contributed by atoms with Gasteiger partial charge in [-0.25, -0.2) is 19.2 Å². The zero-order valence-electron chi connectivity index (χ0n) is 16.9. The van der Waals surface area contributed by atoms with Crippen molar-refractivity contribution < 1.29 is 43.0 Å². The van der Waals surface area contributed by atoms with E-state index in [1.54, 1.807) is 10.6 Å². The first-order valence-electron chi connectivity index (χ1n) is 9.05. The molecule has 172 valence electrons.